The molecule has 21 heavy (non-hydrogen) atoms. The van der Waals surface area contributed by atoms with Gasteiger partial charge in [0.15, 0.2) is 0 Å². The molecule has 0 spiro atoms. The summed E-state index contributed by atoms with van der Waals surface area (Å²) in [6.07, 6.45) is 0.899. The van der Waals surface area contributed by atoms with E-state index in [9.17, 15) is 5.11 Å². The van der Waals surface area contributed by atoms with Gasteiger partial charge in [0.25, 0.3) is 0 Å². The molecule has 1 saturated heterocycles. The maximum atomic E-state index is 10.4. The van der Waals surface area contributed by atoms with Gasteiger partial charge in [-0.15, -0.1) is 0 Å². The quantitative estimate of drug-likeness (QED) is 0.804. The van der Waals surface area contributed by atoms with Gasteiger partial charge < -0.3 is 14.9 Å². The van der Waals surface area contributed by atoms with Gasteiger partial charge in [-0.05, 0) is 36.2 Å². The largest absolute Gasteiger partial charge is 0.506 e. The van der Waals surface area contributed by atoms with Crippen LogP contribution in [0.4, 0.5) is 5.69 Å². The van der Waals surface area contributed by atoms with Crippen LogP contribution in [0.25, 0.3) is 0 Å². The molecule has 3 heteroatoms. The molecule has 0 aliphatic carbocycles. The first kappa shape index (κ1) is 12.7. The van der Waals surface area contributed by atoms with Crippen LogP contribution in [0.2, 0.25) is 0 Å². The van der Waals surface area contributed by atoms with Gasteiger partial charge in [0, 0.05) is 19.6 Å². The van der Waals surface area contributed by atoms with Gasteiger partial charge in [-0.3, -0.25) is 0 Å². The number of phenolic OH excluding ortho intramolecular Hbond substituents is 1. The monoisotopic (exact) mass is 280 g/mol. The van der Waals surface area contributed by atoms with Gasteiger partial charge in [0.1, 0.15) is 5.75 Å². The molecule has 2 aliphatic rings. The Morgan fingerprint density at radius 3 is 2.71 bits per heavy atom. The van der Waals surface area contributed by atoms with Crippen LogP contribution in [-0.4, -0.2) is 36.7 Å². The highest BCUT2D eigenvalue weighted by molar-refractivity contribution is 5.67. The van der Waals surface area contributed by atoms with Crippen molar-refractivity contribution >= 4 is 5.69 Å². The maximum absolute atomic E-state index is 10.4. The van der Waals surface area contributed by atoms with E-state index in [0.717, 1.165) is 31.7 Å². The molecule has 1 N–H and O–H groups in total. The van der Waals surface area contributed by atoms with E-state index in [2.05, 4.69) is 47.2 Å². The second-order valence-electron chi connectivity index (χ2n) is 6.13. The minimum absolute atomic E-state index is 0.328. The zero-order valence-corrected chi connectivity index (χ0v) is 12.3. The highest BCUT2D eigenvalue weighted by atomic mass is 16.3. The maximum Gasteiger partial charge on any atom is 0.139 e. The third kappa shape index (κ3) is 2.00. The van der Waals surface area contributed by atoms with Gasteiger partial charge in [-0.25, -0.2) is 0 Å². The van der Waals surface area contributed by atoms with Crippen molar-refractivity contribution in [1.82, 2.24) is 4.90 Å². The van der Waals surface area contributed by atoms with E-state index >= 15 is 0 Å². The normalized spacial score (nSPS) is 21.2. The predicted octanol–water partition coefficient (Wildman–Crippen LogP) is 2.79. The Bertz CT molecular complexity index is 683. The first-order valence-corrected chi connectivity index (χ1v) is 7.58. The fraction of sp³-hybridized carbons (Fsp3) is 0.333. The van der Waals surface area contributed by atoms with Crippen LogP contribution in [0.3, 0.4) is 0 Å². The zero-order chi connectivity index (χ0) is 14.4. The second-order valence-corrected chi connectivity index (χ2v) is 6.13. The topological polar surface area (TPSA) is 26.7 Å². The highest BCUT2D eigenvalue weighted by Gasteiger charge is 2.33. The Hall–Kier alpha value is -2.00. The summed E-state index contributed by atoms with van der Waals surface area (Å²) < 4.78 is 0. The van der Waals surface area contributed by atoms with Gasteiger partial charge in [0.2, 0.25) is 0 Å². The van der Waals surface area contributed by atoms with Crippen molar-refractivity contribution in [2.24, 2.45) is 0 Å². The molecule has 108 valence electrons. The van der Waals surface area contributed by atoms with Crippen molar-refractivity contribution in [2.75, 3.05) is 31.6 Å². The van der Waals surface area contributed by atoms with Gasteiger partial charge in [-0.2, -0.15) is 0 Å². The number of fused-ring (bicyclic) bond motifs is 5. The van der Waals surface area contributed by atoms with E-state index in [1.165, 1.54) is 16.7 Å². The molecule has 1 atom stereocenters. The molecular weight excluding hydrogens is 260 g/mol. The molecule has 0 radical (unpaired) electrons. The Kier molecular flexibility index (Phi) is 2.89. The molecule has 0 unspecified atom stereocenters. The molecule has 2 aromatic rings. The molecule has 4 rings (SSSR count). The summed E-state index contributed by atoms with van der Waals surface area (Å²) in [5.41, 5.74) is 5.05. The summed E-state index contributed by atoms with van der Waals surface area (Å²) in [6, 6.07) is 14.9. The SMILES string of the molecule is CN1CCN2c3c(O)cccc3Cc3ccccc3[C@@H]2C1. The van der Waals surface area contributed by atoms with E-state index in [1.54, 1.807) is 0 Å². The summed E-state index contributed by atoms with van der Waals surface area (Å²) in [4.78, 5) is 4.78. The summed E-state index contributed by atoms with van der Waals surface area (Å²) in [5.74, 6) is 0.412. The minimum Gasteiger partial charge on any atom is -0.506 e. The van der Waals surface area contributed by atoms with E-state index in [1.807, 2.05) is 12.1 Å². The van der Waals surface area contributed by atoms with E-state index in [4.69, 9.17) is 0 Å². The number of para-hydroxylation sites is 1. The van der Waals surface area contributed by atoms with Crippen LogP contribution in [0, 0.1) is 0 Å². The lowest BCUT2D eigenvalue weighted by molar-refractivity contribution is 0.268. The number of benzene rings is 2. The summed E-state index contributed by atoms with van der Waals surface area (Å²) in [5, 5.41) is 10.4. The van der Waals surface area contributed by atoms with Crippen LogP contribution < -0.4 is 4.90 Å². The number of likely N-dealkylation sites (N-methyl/N-ethyl adjacent to an activating group) is 1. The van der Waals surface area contributed by atoms with E-state index in [-0.39, 0.29) is 0 Å². The Morgan fingerprint density at radius 2 is 1.81 bits per heavy atom. The molecule has 0 bridgehead atoms. The third-order valence-corrected chi connectivity index (χ3v) is 4.76. The summed E-state index contributed by atoms with van der Waals surface area (Å²) >= 11 is 0. The number of phenols is 1. The van der Waals surface area contributed by atoms with Crippen LogP contribution in [0.15, 0.2) is 42.5 Å². The number of anilines is 1. The van der Waals surface area contributed by atoms with Crippen LogP contribution >= 0.6 is 0 Å². The van der Waals surface area contributed by atoms with Crippen LogP contribution in [0.1, 0.15) is 22.7 Å². The lowest BCUT2D eigenvalue weighted by atomic mass is 9.96. The third-order valence-electron chi connectivity index (χ3n) is 4.76. The molecule has 3 nitrogen and oxygen atoms in total. The van der Waals surface area contributed by atoms with Gasteiger partial charge in [0.05, 0.1) is 11.7 Å². The molecule has 2 aliphatic heterocycles. The van der Waals surface area contributed by atoms with Crippen molar-refractivity contribution < 1.29 is 5.11 Å². The van der Waals surface area contributed by atoms with Gasteiger partial charge >= 0.3 is 0 Å². The fourth-order valence-electron chi connectivity index (χ4n) is 3.73. The highest BCUT2D eigenvalue weighted by Crippen LogP contribution is 2.43. The number of nitrogens with zero attached hydrogens (tertiary/aromatic N) is 2. The van der Waals surface area contributed by atoms with E-state index < -0.39 is 0 Å². The first-order valence-electron chi connectivity index (χ1n) is 7.58. The number of hydrogen-bond acceptors (Lipinski definition) is 3. The van der Waals surface area contributed by atoms with Crippen molar-refractivity contribution in [3.05, 3.63) is 59.2 Å². The molecule has 2 aromatic carbocycles. The number of piperazine rings is 1. The molecule has 0 amide bonds. The van der Waals surface area contributed by atoms with Crippen molar-refractivity contribution in [2.45, 2.75) is 12.5 Å². The number of hydrogen-bond donors (Lipinski definition) is 1. The van der Waals surface area contributed by atoms with Crippen molar-refractivity contribution in [3.8, 4) is 5.75 Å². The van der Waals surface area contributed by atoms with Crippen molar-refractivity contribution in [3.63, 3.8) is 0 Å². The first-order chi connectivity index (χ1) is 10.2. The summed E-state index contributed by atoms with van der Waals surface area (Å²) in [6.45, 7) is 3.00. The molecule has 0 aromatic heterocycles. The lowest BCUT2D eigenvalue weighted by Crippen LogP contribution is -2.47. The summed E-state index contributed by atoms with van der Waals surface area (Å²) in [7, 11) is 2.18. The van der Waals surface area contributed by atoms with Gasteiger partial charge in [-0.1, -0.05) is 36.4 Å². The number of aromatic hydroxyl groups is 1. The Balaban J connectivity index is 1.93. The average molecular weight is 280 g/mol. The Morgan fingerprint density at radius 1 is 1.00 bits per heavy atom. The second kappa shape index (κ2) is 4.78. The van der Waals surface area contributed by atoms with E-state index in [0.29, 0.717) is 11.8 Å². The number of rotatable bonds is 0. The van der Waals surface area contributed by atoms with Crippen molar-refractivity contribution in [1.29, 1.82) is 0 Å². The molecule has 2 heterocycles. The minimum atomic E-state index is 0.328. The van der Waals surface area contributed by atoms with Crippen LogP contribution in [-0.2, 0) is 6.42 Å². The Labute approximate surface area is 125 Å². The average Bonchev–Trinajstić information content (AvgIpc) is 2.62. The lowest BCUT2D eigenvalue weighted by Gasteiger charge is -2.41. The standard InChI is InChI=1S/C18H20N2O/c1-19-9-10-20-16(12-19)15-7-3-2-5-13(15)11-14-6-4-8-17(21)18(14)20/h2-8,16,21H,9-12H2,1H3/t16-/m0/s1. The molecular formula is C18H20N2O. The zero-order valence-electron chi connectivity index (χ0n) is 12.3. The molecule has 0 saturated carbocycles. The fourth-order valence-corrected chi connectivity index (χ4v) is 3.73. The predicted molar refractivity (Wildman–Crippen MR) is 84.9 cm³/mol. The molecule has 1 fully saturated rings. The smallest absolute Gasteiger partial charge is 0.139 e. The van der Waals surface area contributed by atoms with Crippen LogP contribution in [0.5, 0.6) is 5.75 Å².